The minimum Gasteiger partial charge on any atom is -0.504 e. The molecule has 1 N–H and O–H groups in total. The van der Waals surface area contributed by atoms with Crippen LogP contribution in [0.1, 0.15) is 0 Å². The zero-order valence-corrected chi connectivity index (χ0v) is 7.23. The van der Waals surface area contributed by atoms with Crippen LogP contribution in [0, 0.1) is 5.82 Å². The van der Waals surface area contributed by atoms with Crippen molar-refractivity contribution in [3.63, 3.8) is 0 Å². The van der Waals surface area contributed by atoms with E-state index in [9.17, 15) is 12.8 Å². The zero-order chi connectivity index (χ0) is 9.35. The van der Waals surface area contributed by atoms with E-state index in [2.05, 4.69) is 0 Å². The highest BCUT2D eigenvalue weighted by atomic mass is 35.7. The van der Waals surface area contributed by atoms with Gasteiger partial charge in [0.05, 0.1) is 0 Å². The molecule has 0 fully saturated rings. The molecule has 66 valence electrons. The van der Waals surface area contributed by atoms with Gasteiger partial charge in [-0.15, -0.1) is 0 Å². The second-order valence-electron chi connectivity index (χ2n) is 2.02. The van der Waals surface area contributed by atoms with Gasteiger partial charge in [0.2, 0.25) is 0 Å². The highest BCUT2D eigenvalue weighted by Crippen LogP contribution is 2.27. The van der Waals surface area contributed by atoms with Crippen LogP contribution in [0.5, 0.6) is 5.75 Å². The van der Waals surface area contributed by atoms with Gasteiger partial charge in [-0.1, -0.05) is 6.07 Å². The Kier molecular flexibility index (Phi) is 2.25. The lowest BCUT2D eigenvalue weighted by molar-refractivity contribution is 0.418. The molecule has 0 aliphatic heterocycles. The van der Waals surface area contributed by atoms with Gasteiger partial charge in [0.15, 0.2) is 11.6 Å². The molecule has 0 heterocycles. The average Bonchev–Trinajstić information content (AvgIpc) is 1.92. The molecular formula is C6H4ClFO3S. The Labute approximate surface area is 72.8 Å². The van der Waals surface area contributed by atoms with E-state index in [0.29, 0.717) is 0 Å². The van der Waals surface area contributed by atoms with Gasteiger partial charge >= 0.3 is 0 Å². The van der Waals surface area contributed by atoms with Gasteiger partial charge in [-0.05, 0) is 12.1 Å². The van der Waals surface area contributed by atoms with Crippen molar-refractivity contribution in [2.75, 3.05) is 0 Å². The van der Waals surface area contributed by atoms with Crippen LogP contribution in [-0.2, 0) is 9.05 Å². The first-order valence-electron chi connectivity index (χ1n) is 2.85. The van der Waals surface area contributed by atoms with Crippen molar-refractivity contribution in [2.45, 2.75) is 4.90 Å². The minimum atomic E-state index is -4.07. The van der Waals surface area contributed by atoms with Gasteiger partial charge in [-0.25, -0.2) is 12.8 Å². The molecule has 0 aliphatic carbocycles. The highest BCUT2D eigenvalue weighted by Gasteiger charge is 2.17. The normalized spacial score (nSPS) is 11.5. The van der Waals surface area contributed by atoms with Crippen LogP contribution >= 0.6 is 10.7 Å². The molecule has 0 atom stereocenters. The predicted molar refractivity (Wildman–Crippen MR) is 41.1 cm³/mol. The summed E-state index contributed by atoms with van der Waals surface area (Å²) in [7, 11) is 0.808. The fourth-order valence-corrected chi connectivity index (χ4v) is 1.64. The summed E-state index contributed by atoms with van der Waals surface area (Å²) in [5.74, 6) is -1.97. The molecule has 0 radical (unpaired) electrons. The monoisotopic (exact) mass is 210 g/mol. The quantitative estimate of drug-likeness (QED) is 0.714. The summed E-state index contributed by atoms with van der Waals surface area (Å²) in [6.07, 6.45) is 0. The van der Waals surface area contributed by atoms with Crippen LogP contribution in [0.15, 0.2) is 23.1 Å². The van der Waals surface area contributed by atoms with Gasteiger partial charge in [0.1, 0.15) is 4.90 Å². The van der Waals surface area contributed by atoms with Crippen LogP contribution in [-0.4, -0.2) is 13.5 Å². The molecule has 0 bridgehead atoms. The fraction of sp³-hybridized carbons (Fsp3) is 0. The van der Waals surface area contributed by atoms with Crippen LogP contribution in [0.25, 0.3) is 0 Å². The van der Waals surface area contributed by atoms with Crippen molar-refractivity contribution in [3.8, 4) is 5.75 Å². The van der Waals surface area contributed by atoms with Gasteiger partial charge < -0.3 is 5.11 Å². The van der Waals surface area contributed by atoms with Crippen LogP contribution in [0.2, 0.25) is 0 Å². The maximum absolute atomic E-state index is 12.5. The molecule has 1 aromatic carbocycles. The molecule has 0 saturated heterocycles. The number of rotatable bonds is 1. The molecule has 0 spiro atoms. The van der Waals surface area contributed by atoms with Crippen molar-refractivity contribution in [1.82, 2.24) is 0 Å². The molecule has 1 rings (SSSR count). The molecule has 12 heavy (non-hydrogen) atoms. The number of phenols is 1. The van der Waals surface area contributed by atoms with Crippen molar-refractivity contribution in [3.05, 3.63) is 24.0 Å². The number of halogens is 2. The highest BCUT2D eigenvalue weighted by molar-refractivity contribution is 8.13. The second kappa shape index (κ2) is 2.91. The molecule has 0 unspecified atom stereocenters. The Bertz CT molecular complexity index is 401. The Hall–Kier alpha value is -0.810. The maximum Gasteiger partial charge on any atom is 0.265 e. The van der Waals surface area contributed by atoms with Crippen LogP contribution in [0.3, 0.4) is 0 Å². The van der Waals surface area contributed by atoms with Gasteiger partial charge in [0.25, 0.3) is 9.05 Å². The Morgan fingerprint density at radius 1 is 1.42 bits per heavy atom. The first kappa shape index (κ1) is 9.28. The maximum atomic E-state index is 12.5. The van der Waals surface area contributed by atoms with Gasteiger partial charge in [0, 0.05) is 10.7 Å². The van der Waals surface area contributed by atoms with Crippen molar-refractivity contribution < 1.29 is 17.9 Å². The lowest BCUT2D eigenvalue weighted by Gasteiger charge is -1.99. The number of para-hydroxylation sites is 1. The average molecular weight is 211 g/mol. The first-order valence-corrected chi connectivity index (χ1v) is 5.16. The summed E-state index contributed by atoms with van der Waals surface area (Å²) in [6, 6.07) is 3.09. The van der Waals surface area contributed by atoms with Crippen molar-refractivity contribution in [2.24, 2.45) is 0 Å². The second-order valence-corrected chi connectivity index (χ2v) is 4.56. The summed E-state index contributed by atoms with van der Waals surface area (Å²) in [6.45, 7) is 0. The number of hydrogen-bond acceptors (Lipinski definition) is 3. The summed E-state index contributed by atoms with van der Waals surface area (Å²) in [5.41, 5.74) is 0. The van der Waals surface area contributed by atoms with E-state index in [1.807, 2.05) is 0 Å². The van der Waals surface area contributed by atoms with E-state index >= 15 is 0 Å². The molecule has 0 aromatic heterocycles. The van der Waals surface area contributed by atoms with E-state index in [1.165, 1.54) is 0 Å². The van der Waals surface area contributed by atoms with Gasteiger partial charge in [-0.3, -0.25) is 0 Å². The molecule has 0 saturated carbocycles. The summed E-state index contributed by atoms with van der Waals surface area (Å²) < 4.78 is 33.8. The zero-order valence-electron chi connectivity index (χ0n) is 5.66. The third-order valence-electron chi connectivity index (χ3n) is 1.21. The van der Waals surface area contributed by atoms with E-state index in [0.717, 1.165) is 18.2 Å². The van der Waals surface area contributed by atoms with E-state index in [4.69, 9.17) is 15.8 Å². The standard InChI is InChI=1S/C6H4ClFO3S/c7-12(10,11)5-3-1-2-4(8)6(5)9/h1-3,9H. The van der Waals surface area contributed by atoms with Gasteiger partial charge in [-0.2, -0.15) is 0 Å². The van der Waals surface area contributed by atoms with E-state index in [1.54, 1.807) is 0 Å². The van der Waals surface area contributed by atoms with Crippen LogP contribution < -0.4 is 0 Å². The predicted octanol–water partition coefficient (Wildman–Crippen LogP) is 1.46. The van der Waals surface area contributed by atoms with Crippen molar-refractivity contribution in [1.29, 1.82) is 0 Å². The third-order valence-corrected chi connectivity index (χ3v) is 2.57. The lowest BCUT2D eigenvalue weighted by atomic mass is 10.3. The van der Waals surface area contributed by atoms with E-state index in [-0.39, 0.29) is 0 Å². The molecule has 0 aliphatic rings. The number of phenolic OH excluding ortho intramolecular Hbond substituents is 1. The number of aromatic hydroxyl groups is 1. The number of hydrogen-bond donors (Lipinski definition) is 1. The largest absolute Gasteiger partial charge is 0.504 e. The topological polar surface area (TPSA) is 54.4 Å². The SMILES string of the molecule is O=S(=O)(Cl)c1cccc(F)c1O. The minimum absolute atomic E-state index is 0.621. The van der Waals surface area contributed by atoms with Crippen molar-refractivity contribution >= 4 is 19.7 Å². The molecule has 1 aromatic rings. The van der Waals surface area contributed by atoms with Crippen LogP contribution in [0.4, 0.5) is 4.39 Å². The summed E-state index contributed by atoms with van der Waals surface area (Å²) >= 11 is 0. The molecule has 3 nitrogen and oxygen atoms in total. The first-order chi connectivity index (χ1) is 5.43. The molecular weight excluding hydrogens is 207 g/mol. The third kappa shape index (κ3) is 1.67. The number of benzene rings is 1. The Morgan fingerprint density at radius 3 is 2.42 bits per heavy atom. The Morgan fingerprint density at radius 2 is 2.00 bits per heavy atom. The smallest absolute Gasteiger partial charge is 0.265 e. The molecule has 0 amide bonds. The summed E-state index contributed by atoms with van der Waals surface area (Å²) in [5, 5.41) is 8.89. The Balaban J connectivity index is 3.47. The summed E-state index contributed by atoms with van der Waals surface area (Å²) in [4.78, 5) is -0.621. The lowest BCUT2D eigenvalue weighted by Crippen LogP contribution is -1.92. The fourth-order valence-electron chi connectivity index (χ4n) is 0.692. The van der Waals surface area contributed by atoms with E-state index < -0.39 is 25.5 Å². The molecule has 6 heteroatoms.